The highest BCUT2D eigenvalue weighted by molar-refractivity contribution is 6.30. The van der Waals surface area contributed by atoms with Gasteiger partial charge in [0.1, 0.15) is 0 Å². The molecule has 0 N–H and O–H groups in total. The topological polar surface area (TPSA) is 3.24 Å². The Bertz CT molecular complexity index is 733. The summed E-state index contributed by atoms with van der Waals surface area (Å²) in [5, 5.41) is 0.742. The highest BCUT2D eigenvalue weighted by Gasteiger charge is 2.26. The van der Waals surface area contributed by atoms with E-state index >= 15 is 0 Å². The summed E-state index contributed by atoms with van der Waals surface area (Å²) in [7, 11) is 0. The maximum atomic E-state index is 5.98. The number of halogens is 1. The zero-order valence-electron chi connectivity index (χ0n) is 14.5. The SMILES string of the molecule is C=CC(c1ccccc1)C(C#Cc1ccc(Cl)cc1)N1CCCCC1. The largest absolute Gasteiger partial charge is 0.289 e. The van der Waals surface area contributed by atoms with Gasteiger partial charge in [0.2, 0.25) is 0 Å². The van der Waals surface area contributed by atoms with Crippen molar-refractivity contribution < 1.29 is 0 Å². The van der Waals surface area contributed by atoms with Crippen molar-refractivity contribution in [1.82, 2.24) is 4.90 Å². The second kappa shape index (κ2) is 8.90. The maximum absolute atomic E-state index is 5.98. The van der Waals surface area contributed by atoms with Crippen LogP contribution in [0.4, 0.5) is 0 Å². The molecule has 1 fully saturated rings. The summed E-state index contributed by atoms with van der Waals surface area (Å²) in [6, 6.07) is 18.5. The van der Waals surface area contributed by atoms with Gasteiger partial charge >= 0.3 is 0 Å². The molecule has 2 atom stereocenters. The van der Waals surface area contributed by atoms with Crippen molar-refractivity contribution >= 4 is 11.6 Å². The van der Waals surface area contributed by atoms with Gasteiger partial charge in [-0.3, -0.25) is 4.90 Å². The molecule has 2 unspecified atom stereocenters. The fraction of sp³-hybridized carbons (Fsp3) is 0.304. The van der Waals surface area contributed by atoms with Crippen LogP contribution in [0.15, 0.2) is 67.3 Å². The highest BCUT2D eigenvalue weighted by atomic mass is 35.5. The van der Waals surface area contributed by atoms with E-state index in [0.29, 0.717) is 0 Å². The molecule has 2 heteroatoms. The molecule has 0 aromatic heterocycles. The molecule has 1 aliphatic heterocycles. The van der Waals surface area contributed by atoms with Crippen LogP contribution in [-0.4, -0.2) is 24.0 Å². The number of hydrogen-bond donors (Lipinski definition) is 0. The third-order valence-electron chi connectivity index (χ3n) is 4.77. The van der Waals surface area contributed by atoms with E-state index in [0.717, 1.165) is 23.7 Å². The predicted molar refractivity (Wildman–Crippen MR) is 107 cm³/mol. The molecule has 1 nitrogen and oxygen atoms in total. The van der Waals surface area contributed by atoms with Crippen molar-refractivity contribution in [3.05, 3.63) is 83.4 Å². The molecule has 0 aliphatic carbocycles. The predicted octanol–water partition coefficient (Wildman–Crippen LogP) is 5.52. The van der Waals surface area contributed by atoms with E-state index in [1.807, 2.05) is 30.3 Å². The van der Waals surface area contributed by atoms with Crippen LogP contribution in [0.2, 0.25) is 5.02 Å². The minimum atomic E-state index is 0.149. The molecule has 0 amide bonds. The average molecular weight is 350 g/mol. The van der Waals surface area contributed by atoms with E-state index in [1.54, 1.807) is 0 Å². The van der Waals surface area contributed by atoms with Crippen LogP contribution in [-0.2, 0) is 0 Å². The molecule has 1 saturated heterocycles. The molecule has 1 aliphatic rings. The fourth-order valence-electron chi connectivity index (χ4n) is 3.42. The fourth-order valence-corrected chi connectivity index (χ4v) is 3.54. The standard InChI is InChI=1S/C23H24ClN/c1-2-22(20-9-5-3-6-10-20)23(25-17-7-4-8-18-25)16-13-19-11-14-21(24)15-12-19/h2-3,5-6,9-12,14-15,22-23H,1,4,7-8,17-18H2. The first-order chi connectivity index (χ1) is 12.3. The number of likely N-dealkylation sites (tertiary alicyclic amines) is 1. The molecule has 0 spiro atoms. The number of hydrogen-bond acceptors (Lipinski definition) is 1. The summed E-state index contributed by atoms with van der Waals surface area (Å²) < 4.78 is 0. The summed E-state index contributed by atoms with van der Waals surface area (Å²) in [5.41, 5.74) is 2.28. The molecule has 1 heterocycles. The smallest absolute Gasteiger partial charge is 0.0822 e. The normalized spacial score (nSPS) is 17.2. The van der Waals surface area contributed by atoms with Crippen molar-refractivity contribution in [2.24, 2.45) is 0 Å². The zero-order chi connectivity index (χ0) is 17.5. The van der Waals surface area contributed by atoms with Crippen LogP contribution in [0, 0.1) is 11.8 Å². The zero-order valence-corrected chi connectivity index (χ0v) is 15.3. The minimum Gasteiger partial charge on any atom is -0.289 e. The van der Waals surface area contributed by atoms with Gasteiger partial charge in [-0.15, -0.1) is 6.58 Å². The van der Waals surface area contributed by atoms with Gasteiger partial charge in [0.25, 0.3) is 0 Å². The van der Waals surface area contributed by atoms with Gasteiger partial charge in [-0.25, -0.2) is 0 Å². The Morgan fingerprint density at radius 1 is 0.960 bits per heavy atom. The van der Waals surface area contributed by atoms with Gasteiger partial charge in [-0.2, -0.15) is 0 Å². The maximum Gasteiger partial charge on any atom is 0.0822 e. The first kappa shape index (κ1) is 17.8. The van der Waals surface area contributed by atoms with Gasteiger partial charge in [-0.1, -0.05) is 66.3 Å². The summed E-state index contributed by atoms with van der Waals surface area (Å²) in [6.45, 7) is 6.32. The molecule has 0 radical (unpaired) electrons. The first-order valence-electron chi connectivity index (χ1n) is 8.96. The summed E-state index contributed by atoms with van der Waals surface area (Å²) in [4.78, 5) is 2.52. The van der Waals surface area contributed by atoms with Crippen LogP contribution in [0.1, 0.15) is 36.3 Å². The van der Waals surface area contributed by atoms with Crippen LogP contribution < -0.4 is 0 Å². The van der Waals surface area contributed by atoms with Crippen LogP contribution in [0.25, 0.3) is 0 Å². The third-order valence-corrected chi connectivity index (χ3v) is 5.02. The van der Waals surface area contributed by atoms with E-state index < -0.39 is 0 Å². The lowest BCUT2D eigenvalue weighted by atomic mass is 9.89. The van der Waals surface area contributed by atoms with E-state index in [9.17, 15) is 0 Å². The lowest BCUT2D eigenvalue weighted by Crippen LogP contribution is -2.41. The van der Waals surface area contributed by atoms with Gasteiger partial charge in [0, 0.05) is 16.5 Å². The molecule has 0 saturated carbocycles. The Hall–Kier alpha value is -2.01. The third kappa shape index (κ3) is 4.75. The van der Waals surface area contributed by atoms with Gasteiger partial charge in [0.15, 0.2) is 0 Å². The lowest BCUT2D eigenvalue weighted by molar-refractivity contribution is 0.186. The molecular formula is C23H24ClN. The quantitative estimate of drug-likeness (QED) is 0.519. The lowest BCUT2D eigenvalue weighted by Gasteiger charge is -2.35. The molecule has 128 valence electrons. The van der Waals surface area contributed by atoms with Crippen molar-refractivity contribution in [2.75, 3.05) is 13.1 Å². The monoisotopic (exact) mass is 349 g/mol. The van der Waals surface area contributed by atoms with Crippen LogP contribution in [0.3, 0.4) is 0 Å². The minimum absolute atomic E-state index is 0.149. The number of benzene rings is 2. The summed E-state index contributed by atoms with van der Waals surface area (Å²) in [6.07, 6.45) is 5.86. The van der Waals surface area contributed by atoms with E-state index in [-0.39, 0.29) is 12.0 Å². The molecule has 0 bridgehead atoms. The van der Waals surface area contributed by atoms with Gasteiger partial charge in [-0.05, 0) is 55.8 Å². The summed E-state index contributed by atoms with van der Waals surface area (Å²) >= 11 is 5.98. The van der Waals surface area contributed by atoms with Crippen molar-refractivity contribution in [2.45, 2.75) is 31.2 Å². The number of nitrogens with zero attached hydrogens (tertiary/aromatic N) is 1. The van der Waals surface area contributed by atoms with Crippen molar-refractivity contribution in [1.29, 1.82) is 0 Å². The summed E-state index contributed by atoms with van der Waals surface area (Å²) in [5.74, 6) is 7.10. The molecule has 25 heavy (non-hydrogen) atoms. The molecule has 2 aromatic rings. The Morgan fingerprint density at radius 2 is 1.64 bits per heavy atom. The Labute approximate surface area is 156 Å². The first-order valence-corrected chi connectivity index (χ1v) is 9.34. The number of piperidine rings is 1. The Kier molecular flexibility index (Phi) is 6.34. The Morgan fingerprint density at radius 3 is 2.28 bits per heavy atom. The highest BCUT2D eigenvalue weighted by Crippen LogP contribution is 2.27. The van der Waals surface area contributed by atoms with Gasteiger partial charge < -0.3 is 0 Å². The van der Waals surface area contributed by atoms with E-state index in [4.69, 9.17) is 11.6 Å². The molecular weight excluding hydrogens is 326 g/mol. The van der Waals surface area contributed by atoms with E-state index in [2.05, 4.69) is 53.7 Å². The molecule has 3 rings (SSSR count). The average Bonchev–Trinajstić information content (AvgIpc) is 2.68. The Balaban J connectivity index is 1.91. The molecule has 2 aromatic carbocycles. The van der Waals surface area contributed by atoms with Gasteiger partial charge in [0.05, 0.1) is 6.04 Å². The number of rotatable bonds is 4. The second-order valence-corrected chi connectivity index (χ2v) is 6.93. The second-order valence-electron chi connectivity index (χ2n) is 6.49. The van der Waals surface area contributed by atoms with Crippen molar-refractivity contribution in [3.8, 4) is 11.8 Å². The van der Waals surface area contributed by atoms with Crippen LogP contribution in [0.5, 0.6) is 0 Å². The van der Waals surface area contributed by atoms with Crippen molar-refractivity contribution in [3.63, 3.8) is 0 Å². The van der Waals surface area contributed by atoms with E-state index in [1.165, 1.54) is 24.8 Å². The van der Waals surface area contributed by atoms with Crippen LogP contribution >= 0.6 is 11.6 Å².